The molecule has 0 fully saturated rings. The van der Waals surface area contributed by atoms with E-state index < -0.39 is 0 Å². The summed E-state index contributed by atoms with van der Waals surface area (Å²) >= 11 is 1.46. The van der Waals surface area contributed by atoms with E-state index in [4.69, 9.17) is 0 Å². The van der Waals surface area contributed by atoms with Gasteiger partial charge in [-0.2, -0.15) is 41.0 Å². The van der Waals surface area contributed by atoms with E-state index in [2.05, 4.69) is 171 Å². The predicted octanol–water partition coefficient (Wildman–Crippen LogP) is 5.56. The van der Waals surface area contributed by atoms with Gasteiger partial charge in [-0.25, -0.2) is 5.57 Å². The molecule has 3 heteroatoms. The molecular formula is C43H50Cl2Zr-2. The van der Waals surface area contributed by atoms with Crippen LogP contribution in [0, 0.1) is 23.5 Å². The SMILES string of the molecule is CC(C)(C)c1c[c-]c2c(c1)-c1cc(C(C)(C)C)ccc1C2.CC1=[C-]C(C)C=C1C(C)(C)C.[Cl-].[Cl-].[Zr+2]=[CH]c1cccc2ccccc12. The van der Waals surface area contributed by atoms with Crippen LogP contribution in [0.3, 0.4) is 0 Å². The number of fused-ring (bicyclic) bond motifs is 4. The summed E-state index contributed by atoms with van der Waals surface area (Å²) in [5, 5.41) is 2.69. The van der Waals surface area contributed by atoms with Crippen LogP contribution >= 0.6 is 0 Å². The van der Waals surface area contributed by atoms with E-state index in [0.29, 0.717) is 11.3 Å². The van der Waals surface area contributed by atoms with Crippen molar-refractivity contribution in [3.8, 4) is 11.1 Å². The Labute approximate surface area is 307 Å². The van der Waals surface area contributed by atoms with Gasteiger partial charge in [0.1, 0.15) is 0 Å². The number of halogens is 2. The third-order valence-corrected chi connectivity index (χ3v) is 9.34. The summed E-state index contributed by atoms with van der Waals surface area (Å²) in [4.78, 5) is 0. The molecule has 0 bridgehead atoms. The van der Waals surface area contributed by atoms with E-state index in [1.165, 1.54) is 85.1 Å². The van der Waals surface area contributed by atoms with Gasteiger partial charge in [0.2, 0.25) is 0 Å². The van der Waals surface area contributed by atoms with Gasteiger partial charge >= 0.3 is 86.7 Å². The first-order valence-corrected chi connectivity index (χ1v) is 17.4. The molecule has 0 spiro atoms. The van der Waals surface area contributed by atoms with Crippen LogP contribution in [0.15, 0.2) is 90.0 Å². The zero-order chi connectivity index (χ0) is 32.4. The van der Waals surface area contributed by atoms with Crippen molar-refractivity contribution in [3.63, 3.8) is 0 Å². The van der Waals surface area contributed by atoms with E-state index in [9.17, 15) is 0 Å². The van der Waals surface area contributed by atoms with E-state index >= 15 is 0 Å². The Hall–Kier alpha value is -2.05. The number of rotatable bonds is 1. The standard InChI is InChI=1S/C21H25.C11H8.C11H17.2ClH.Zr/c1-20(2,3)16-9-7-14-11-15-8-10-17(21(4,5)6)13-19(15)18(14)12-16;1-9-5-4-7-10-6-2-3-8-11(9)10;1-8-6-9(2)10(7-8)11(3,4)5;;;/h7,9-10,12-13H,11H2,1-6H3;1-8H;7-8H,1-5H3;2*1H;/q-1;;-1;;;+2/p-2. The second kappa shape index (κ2) is 15.9. The maximum absolute atomic E-state index is 3.53. The van der Waals surface area contributed by atoms with Crippen LogP contribution in [-0.4, -0.2) is 3.71 Å². The zero-order valence-corrected chi connectivity index (χ0v) is 33.6. The second-order valence-electron chi connectivity index (χ2n) is 15.4. The van der Waals surface area contributed by atoms with E-state index in [0.717, 1.165) is 6.42 Å². The van der Waals surface area contributed by atoms with Gasteiger partial charge in [0.05, 0.1) is 0 Å². The third kappa shape index (κ3) is 9.75. The molecule has 2 aliphatic rings. The first kappa shape index (κ1) is 40.1. The Morgan fingerprint density at radius 2 is 1.35 bits per heavy atom. The van der Waals surface area contributed by atoms with Gasteiger partial charge in [-0.3, -0.25) is 6.08 Å². The monoisotopic (exact) mass is 726 g/mol. The van der Waals surface area contributed by atoms with Crippen molar-refractivity contribution in [2.45, 2.75) is 93.4 Å². The summed E-state index contributed by atoms with van der Waals surface area (Å²) in [6.07, 6.45) is 6.74. The molecular weight excluding hydrogens is 679 g/mol. The minimum absolute atomic E-state index is 0. The molecule has 0 nitrogen and oxygen atoms in total. The van der Waals surface area contributed by atoms with E-state index in [1.807, 2.05) is 0 Å². The molecule has 0 aliphatic heterocycles. The first-order chi connectivity index (χ1) is 20.5. The summed E-state index contributed by atoms with van der Waals surface area (Å²) < 4.78 is 2.23. The number of hydrogen-bond acceptors (Lipinski definition) is 0. The molecule has 0 saturated carbocycles. The summed E-state index contributed by atoms with van der Waals surface area (Å²) in [6, 6.07) is 30.0. The predicted molar refractivity (Wildman–Crippen MR) is 189 cm³/mol. The maximum atomic E-state index is 3.53. The number of benzene rings is 4. The second-order valence-corrected chi connectivity index (χ2v) is 16.1. The average molecular weight is 729 g/mol. The number of hydrogen-bond donors (Lipinski definition) is 0. The van der Waals surface area contributed by atoms with Crippen molar-refractivity contribution in [3.05, 3.63) is 130 Å². The summed E-state index contributed by atoms with van der Waals surface area (Å²) in [5.41, 5.74) is 13.2. The third-order valence-electron chi connectivity index (χ3n) is 8.58. The molecule has 0 saturated heterocycles. The van der Waals surface area contributed by atoms with Crippen LogP contribution in [0.1, 0.15) is 104 Å². The Bertz CT molecular complexity index is 1650. The van der Waals surface area contributed by atoms with Crippen LogP contribution in [0.25, 0.3) is 21.9 Å². The van der Waals surface area contributed by atoms with Crippen LogP contribution in [0.5, 0.6) is 0 Å². The Balaban J connectivity index is 0.000000253. The molecule has 242 valence electrons. The normalized spacial score (nSPS) is 15.0. The van der Waals surface area contributed by atoms with Gasteiger partial charge in [0.15, 0.2) is 0 Å². The molecule has 6 rings (SSSR count). The minimum atomic E-state index is 0. The van der Waals surface area contributed by atoms with Crippen molar-refractivity contribution in [2.75, 3.05) is 0 Å². The van der Waals surface area contributed by atoms with Gasteiger partial charge in [-0.05, 0) is 17.4 Å². The summed E-state index contributed by atoms with van der Waals surface area (Å²) in [5.74, 6) is 0.518. The first-order valence-electron chi connectivity index (χ1n) is 16.0. The molecule has 46 heavy (non-hydrogen) atoms. The fraction of sp³-hybridized carbons (Fsp3) is 0.372. The Morgan fingerprint density at radius 3 is 1.89 bits per heavy atom. The Kier molecular flexibility index (Phi) is 13.9. The summed E-state index contributed by atoms with van der Waals surface area (Å²) in [7, 11) is 0. The van der Waals surface area contributed by atoms with Crippen LogP contribution < -0.4 is 24.8 Å². The number of allylic oxidation sites excluding steroid dienone is 4. The average Bonchev–Trinajstić information content (AvgIpc) is 3.50. The fourth-order valence-electron chi connectivity index (χ4n) is 6.01. The quantitative estimate of drug-likeness (QED) is 0.199. The molecule has 0 radical (unpaired) electrons. The molecule has 0 aromatic heterocycles. The summed E-state index contributed by atoms with van der Waals surface area (Å²) in [6.45, 7) is 24.7. The van der Waals surface area contributed by atoms with Crippen molar-refractivity contribution in [2.24, 2.45) is 11.3 Å². The molecule has 2 aliphatic carbocycles. The van der Waals surface area contributed by atoms with Crippen molar-refractivity contribution in [1.29, 1.82) is 0 Å². The zero-order valence-electron chi connectivity index (χ0n) is 29.6. The van der Waals surface area contributed by atoms with Gasteiger partial charge < -0.3 is 24.8 Å². The van der Waals surface area contributed by atoms with Gasteiger partial charge in [0.25, 0.3) is 0 Å². The van der Waals surface area contributed by atoms with E-state index in [1.54, 1.807) is 0 Å². The molecule has 0 amide bonds. The van der Waals surface area contributed by atoms with Crippen molar-refractivity contribution < 1.29 is 49.0 Å². The molecule has 0 N–H and O–H groups in total. The van der Waals surface area contributed by atoms with Crippen LogP contribution in [0.4, 0.5) is 0 Å². The van der Waals surface area contributed by atoms with Crippen molar-refractivity contribution in [1.82, 2.24) is 0 Å². The van der Waals surface area contributed by atoms with Gasteiger partial charge in [-0.15, -0.1) is 5.56 Å². The van der Waals surface area contributed by atoms with Crippen LogP contribution in [0.2, 0.25) is 0 Å². The van der Waals surface area contributed by atoms with Gasteiger partial charge in [0, 0.05) is 0 Å². The molecule has 4 aromatic rings. The molecule has 0 heterocycles. The topological polar surface area (TPSA) is 0 Å². The van der Waals surface area contributed by atoms with E-state index in [-0.39, 0.29) is 35.6 Å². The molecule has 4 aromatic carbocycles. The van der Waals surface area contributed by atoms with Crippen LogP contribution in [-0.2, 0) is 41.5 Å². The Morgan fingerprint density at radius 1 is 0.739 bits per heavy atom. The van der Waals surface area contributed by atoms with Crippen molar-refractivity contribution >= 4 is 14.5 Å². The molecule has 1 atom stereocenters. The van der Waals surface area contributed by atoms with Gasteiger partial charge in [-0.1, -0.05) is 122 Å². The fourth-order valence-corrected chi connectivity index (χ4v) is 6.63. The molecule has 1 unspecified atom stereocenters.